The highest BCUT2D eigenvalue weighted by atomic mass is 32.1. The lowest BCUT2D eigenvalue weighted by atomic mass is 10.2. The Morgan fingerprint density at radius 2 is 2.43 bits per heavy atom. The van der Waals surface area contributed by atoms with E-state index in [1.807, 2.05) is 0 Å². The summed E-state index contributed by atoms with van der Waals surface area (Å²) < 4.78 is 30.4. The molecule has 0 atom stereocenters. The minimum atomic E-state index is -3.48. The Balaban J connectivity index is 2.61. The van der Waals surface area contributed by atoms with Gasteiger partial charge in [0.15, 0.2) is 0 Å². The van der Waals surface area contributed by atoms with Crippen LogP contribution in [0.15, 0.2) is 10.9 Å². The molecule has 0 fully saturated rings. The second kappa shape index (κ2) is 4.45. The number of halogens is 2. The molecule has 0 unspecified atom stereocenters. The Morgan fingerprint density at radius 3 is 2.93 bits per heavy atom. The highest BCUT2D eigenvalue weighted by molar-refractivity contribution is 7.07. The summed E-state index contributed by atoms with van der Waals surface area (Å²) in [6.07, 6.45) is -0.699. The third-order valence-corrected chi connectivity index (χ3v) is 2.10. The number of carbonyl (C=O) groups excluding carboxylic acids is 1. The van der Waals surface area contributed by atoms with Crippen LogP contribution in [0.2, 0.25) is 0 Å². The summed E-state index contributed by atoms with van der Waals surface area (Å²) in [4.78, 5) is 14.5. The Bertz CT molecular complexity index is 300. The summed E-state index contributed by atoms with van der Waals surface area (Å²) >= 11 is 1.21. The van der Waals surface area contributed by atoms with Gasteiger partial charge in [-0.25, -0.2) is 9.78 Å². The number of hydrogen-bond acceptors (Lipinski definition) is 4. The Kier molecular flexibility index (Phi) is 3.51. The minimum absolute atomic E-state index is 0.0501. The molecule has 14 heavy (non-hydrogen) atoms. The molecule has 1 aromatic heterocycles. The normalized spacial score (nSPS) is 11.4. The monoisotopic (exact) mass is 221 g/mol. The number of thiazole rings is 1. The van der Waals surface area contributed by atoms with Gasteiger partial charge in [0.2, 0.25) is 0 Å². The van der Waals surface area contributed by atoms with Crippen LogP contribution in [0.5, 0.6) is 0 Å². The largest absolute Gasteiger partial charge is 0.462 e. The van der Waals surface area contributed by atoms with Crippen LogP contribution >= 0.6 is 11.3 Å². The van der Waals surface area contributed by atoms with Crippen LogP contribution < -0.4 is 0 Å². The third kappa shape index (κ3) is 2.73. The number of rotatable bonds is 4. The number of esters is 1. The molecule has 6 heteroatoms. The van der Waals surface area contributed by atoms with Crippen LogP contribution in [0.1, 0.15) is 12.6 Å². The van der Waals surface area contributed by atoms with Gasteiger partial charge in [0.25, 0.3) is 0 Å². The van der Waals surface area contributed by atoms with Crippen molar-refractivity contribution in [1.82, 2.24) is 4.98 Å². The van der Waals surface area contributed by atoms with Gasteiger partial charge in [0, 0.05) is 5.38 Å². The Morgan fingerprint density at radius 1 is 1.71 bits per heavy atom. The van der Waals surface area contributed by atoms with Crippen molar-refractivity contribution < 1.29 is 18.3 Å². The average molecular weight is 221 g/mol. The maximum atomic E-state index is 13.1. The predicted octanol–water partition coefficient (Wildman–Crippen LogP) is 1.88. The van der Waals surface area contributed by atoms with Crippen LogP contribution in [0.25, 0.3) is 0 Å². The summed E-state index contributed by atoms with van der Waals surface area (Å²) in [5.41, 5.74) is 1.64. The quantitative estimate of drug-likeness (QED) is 0.729. The summed E-state index contributed by atoms with van der Waals surface area (Å²) in [6.45, 7) is 1.43. The first-order valence-corrected chi connectivity index (χ1v) is 4.92. The zero-order valence-electron chi connectivity index (χ0n) is 7.50. The number of nitrogens with zero attached hydrogens (tertiary/aromatic N) is 1. The van der Waals surface area contributed by atoms with E-state index in [1.165, 1.54) is 29.2 Å². The summed E-state index contributed by atoms with van der Waals surface area (Å²) in [5.74, 6) is -4.97. The summed E-state index contributed by atoms with van der Waals surface area (Å²) in [5, 5.41) is 1.48. The first kappa shape index (κ1) is 11.0. The van der Waals surface area contributed by atoms with E-state index in [0.29, 0.717) is 0 Å². The molecule has 78 valence electrons. The van der Waals surface area contributed by atoms with E-state index in [1.54, 1.807) is 0 Å². The van der Waals surface area contributed by atoms with E-state index < -0.39 is 18.3 Å². The first-order valence-electron chi connectivity index (χ1n) is 3.98. The van der Waals surface area contributed by atoms with Crippen LogP contribution in [0, 0.1) is 0 Å². The molecular formula is C8H9F2NO2S. The highest BCUT2D eigenvalue weighted by Gasteiger charge is 2.41. The van der Waals surface area contributed by atoms with E-state index in [9.17, 15) is 13.6 Å². The minimum Gasteiger partial charge on any atom is -0.462 e. The summed E-state index contributed by atoms with van der Waals surface area (Å²) in [7, 11) is 0. The van der Waals surface area contributed by atoms with E-state index in [0.717, 1.165) is 0 Å². The zero-order chi connectivity index (χ0) is 10.6. The van der Waals surface area contributed by atoms with Gasteiger partial charge < -0.3 is 4.74 Å². The lowest BCUT2D eigenvalue weighted by Gasteiger charge is -2.12. The van der Waals surface area contributed by atoms with Crippen LogP contribution in [-0.4, -0.2) is 23.5 Å². The van der Waals surface area contributed by atoms with Crippen LogP contribution in [0.3, 0.4) is 0 Å². The smallest absolute Gasteiger partial charge is 0.377 e. The standard InChI is InChI=1S/C8H9F2NO2S/c1-2-13-7(12)8(9,10)3-6-4-14-5-11-6/h4-5H,2-3H2,1H3. The first-order chi connectivity index (χ1) is 6.56. The number of hydrogen-bond donors (Lipinski definition) is 0. The SMILES string of the molecule is CCOC(=O)C(F)(F)Cc1cscn1. The molecule has 0 saturated heterocycles. The highest BCUT2D eigenvalue weighted by Crippen LogP contribution is 2.21. The van der Waals surface area contributed by atoms with E-state index in [-0.39, 0.29) is 12.3 Å². The fourth-order valence-corrected chi connectivity index (χ4v) is 1.42. The molecule has 0 aliphatic heterocycles. The number of alkyl halides is 2. The zero-order valence-corrected chi connectivity index (χ0v) is 8.31. The molecule has 1 heterocycles. The molecule has 0 spiro atoms. The van der Waals surface area contributed by atoms with Gasteiger partial charge in [-0.2, -0.15) is 8.78 Å². The Labute approximate surface area is 83.7 Å². The molecule has 0 aliphatic carbocycles. The molecule has 0 amide bonds. The van der Waals surface area contributed by atoms with E-state index in [4.69, 9.17) is 0 Å². The molecule has 0 aliphatic rings. The average Bonchev–Trinajstić information content (AvgIpc) is 2.56. The molecule has 0 aromatic carbocycles. The maximum absolute atomic E-state index is 13.1. The number of carbonyl (C=O) groups is 1. The maximum Gasteiger partial charge on any atom is 0.377 e. The Hall–Kier alpha value is -1.04. The van der Waals surface area contributed by atoms with Crippen LogP contribution in [0.4, 0.5) is 8.78 Å². The summed E-state index contributed by atoms with van der Waals surface area (Å²) in [6, 6.07) is 0. The molecule has 0 N–H and O–H groups in total. The van der Waals surface area contributed by atoms with Gasteiger partial charge in [-0.3, -0.25) is 0 Å². The molecule has 0 bridgehead atoms. The second-order valence-corrected chi connectivity index (χ2v) is 3.30. The lowest BCUT2D eigenvalue weighted by molar-refractivity contribution is -0.171. The van der Waals surface area contributed by atoms with Crippen molar-refractivity contribution in [3.63, 3.8) is 0 Å². The van der Waals surface area contributed by atoms with Crippen molar-refractivity contribution in [3.8, 4) is 0 Å². The van der Waals surface area contributed by atoms with Crippen LogP contribution in [-0.2, 0) is 16.0 Å². The molecule has 3 nitrogen and oxygen atoms in total. The lowest BCUT2D eigenvalue weighted by Crippen LogP contribution is -2.33. The van der Waals surface area contributed by atoms with Crippen molar-refractivity contribution in [2.24, 2.45) is 0 Å². The topological polar surface area (TPSA) is 39.2 Å². The third-order valence-electron chi connectivity index (χ3n) is 1.46. The van der Waals surface area contributed by atoms with Crippen molar-refractivity contribution in [3.05, 3.63) is 16.6 Å². The van der Waals surface area contributed by atoms with Crippen molar-refractivity contribution in [2.45, 2.75) is 19.3 Å². The molecule has 1 rings (SSSR count). The van der Waals surface area contributed by atoms with E-state index in [2.05, 4.69) is 9.72 Å². The van der Waals surface area contributed by atoms with Gasteiger partial charge in [-0.15, -0.1) is 11.3 Å². The van der Waals surface area contributed by atoms with Gasteiger partial charge in [0.05, 0.1) is 24.2 Å². The van der Waals surface area contributed by atoms with Crippen molar-refractivity contribution in [2.75, 3.05) is 6.61 Å². The van der Waals surface area contributed by atoms with Crippen molar-refractivity contribution >= 4 is 17.3 Å². The second-order valence-electron chi connectivity index (χ2n) is 2.58. The molecule has 0 radical (unpaired) electrons. The van der Waals surface area contributed by atoms with Gasteiger partial charge in [-0.05, 0) is 6.92 Å². The molecular weight excluding hydrogens is 212 g/mol. The number of ether oxygens (including phenoxy) is 1. The molecule has 0 saturated carbocycles. The van der Waals surface area contributed by atoms with Gasteiger partial charge >= 0.3 is 11.9 Å². The predicted molar refractivity (Wildman–Crippen MR) is 47.4 cm³/mol. The molecule has 1 aromatic rings. The van der Waals surface area contributed by atoms with E-state index >= 15 is 0 Å². The number of aromatic nitrogens is 1. The van der Waals surface area contributed by atoms with Gasteiger partial charge in [0.1, 0.15) is 0 Å². The fraction of sp³-hybridized carbons (Fsp3) is 0.500. The fourth-order valence-electron chi connectivity index (χ4n) is 0.861. The van der Waals surface area contributed by atoms with Crippen molar-refractivity contribution in [1.29, 1.82) is 0 Å². The van der Waals surface area contributed by atoms with Gasteiger partial charge in [-0.1, -0.05) is 0 Å².